The lowest BCUT2D eigenvalue weighted by Gasteiger charge is -2.19. The first-order valence-electron chi connectivity index (χ1n) is 6.39. The summed E-state index contributed by atoms with van der Waals surface area (Å²) in [5.74, 6) is 1.45. The highest BCUT2D eigenvalue weighted by Gasteiger charge is 2.14. The third kappa shape index (κ3) is 2.07. The maximum absolute atomic E-state index is 5.96. The maximum Gasteiger partial charge on any atom is 0.184 e. The number of hydrogen-bond donors (Lipinski definition) is 1. The number of imidazole rings is 1. The van der Waals surface area contributed by atoms with Crippen LogP contribution in [0.3, 0.4) is 0 Å². The number of benzene rings is 1. The minimum Gasteiger partial charge on any atom is -0.486 e. The summed E-state index contributed by atoms with van der Waals surface area (Å²) in [5, 5.41) is 0.563. The first kappa shape index (κ1) is 12.7. The summed E-state index contributed by atoms with van der Waals surface area (Å²) in [4.78, 5) is 7.46. The molecule has 106 valence electrons. The van der Waals surface area contributed by atoms with Crippen molar-refractivity contribution in [3.05, 3.63) is 40.3 Å². The monoisotopic (exact) mass is 319 g/mol. The van der Waals surface area contributed by atoms with Crippen LogP contribution in [0.4, 0.5) is 0 Å². The first-order valence-corrected chi connectivity index (χ1v) is 7.17. The fourth-order valence-corrected chi connectivity index (χ4v) is 2.84. The van der Waals surface area contributed by atoms with Gasteiger partial charge in [0.1, 0.15) is 13.2 Å². The number of fused-ring (bicyclic) bond motifs is 2. The Bertz CT molecular complexity index is 903. The Labute approximate surface area is 130 Å². The predicted molar refractivity (Wildman–Crippen MR) is 82.3 cm³/mol. The minimum absolute atomic E-state index is 0.545. The van der Waals surface area contributed by atoms with Gasteiger partial charge in [0.2, 0.25) is 0 Å². The summed E-state index contributed by atoms with van der Waals surface area (Å²) in [7, 11) is 0. The fraction of sp³-hybridized carbons (Fsp3) is 0.143. The molecule has 0 unspecified atom stereocenters. The predicted octanol–water partition coefficient (Wildman–Crippen LogP) is 3.51. The lowest BCUT2D eigenvalue weighted by molar-refractivity contribution is 0.171. The van der Waals surface area contributed by atoms with Gasteiger partial charge in [-0.2, -0.15) is 0 Å². The summed E-state index contributed by atoms with van der Waals surface area (Å²) in [6.07, 6.45) is 1.60. The summed E-state index contributed by atoms with van der Waals surface area (Å²) >= 11 is 11.3. The van der Waals surface area contributed by atoms with Crippen LogP contribution in [-0.2, 0) is 0 Å². The Morgan fingerprint density at radius 3 is 2.86 bits per heavy atom. The average Bonchev–Trinajstić information content (AvgIpc) is 2.81. The molecular weight excluding hydrogens is 310 g/mol. The topological polar surface area (TPSA) is 52.1 Å². The van der Waals surface area contributed by atoms with Gasteiger partial charge >= 0.3 is 0 Å². The van der Waals surface area contributed by atoms with E-state index >= 15 is 0 Å². The number of pyridine rings is 1. The van der Waals surface area contributed by atoms with E-state index < -0.39 is 0 Å². The van der Waals surface area contributed by atoms with Gasteiger partial charge in [0.15, 0.2) is 21.9 Å². The third-order valence-electron chi connectivity index (χ3n) is 3.27. The molecule has 0 aliphatic carbocycles. The van der Waals surface area contributed by atoms with Crippen molar-refractivity contribution >= 4 is 35.0 Å². The molecule has 0 saturated carbocycles. The fourth-order valence-electron chi connectivity index (χ4n) is 2.38. The van der Waals surface area contributed by atoms with Crippen LogP contribution in [0.1, 0.15) is 0 Å². The van der Waals surface area contributed by atoms with E-state index in [2.05, 4.69) is 9.97 Å². The van der Waals surface area contributed by atoms with Crippen LogP contribution >= 0.6 is 23.8 Å². The van der Waals surface area contributed by atoms with Crippen LogP contribution in [0.15, 0.2) is 30.5 Å². The maximum atomic E-state index is 5.96. The van der Waals surface area contributed by atoms with Crippen molar-refractivity contribution in [3.8, 4) is 17.2 Å². The van der Waals surface area contributed by atoms with Crippen molar-refractivity contribution in [1.82, 2.24) is 14.5 Å². The molecule has 0 amide bonds. The Morgan fingerprint density at radius 1 is 1.19 bits per heavy atom. The van der Waals surface area contributed by atoms with E-state index in [9.17, 15) is 0 Å². The lowest BCUT2D eigenvalue weighted by atomic mass is 10.2. The van der Waals surface area contributed by atoms with Crippen molar-refractivity contribution < 1.29 is 9.47 Å². The number of rotatable bonds is 1. The zero-order chi connectivity index (χ0) is 14.4. The number of ether oxygens (including phenoxy) is 2. The van der Waals surface area contributed by atoms with Gasteiger partial charge < -0.3 is 14.5 Å². The van der Waals surface area contributed by atoms with Gasteiger partial charge in [-0.3, -0.25) is 4.57 Å². The molecule has 0 fully saturated rings. The van der Waals surface area contributed by atoms with Gasteiger partial charge in [-0.1, -0.05) is 11.6 Å². The van der Waals surface area contributed by atoms with E-state index in [1.54, 1.807) is 12.3 Å². The minimum atomic E-state index is 0.545. The van der Waals surface area contributed by atoms with E-state index in [4.69, 9.17) is 33.3 Å². The number of halogens is 1. The molecule has 0 spiro atoms. The lowest BCUT2D eigenvalue weighted by Crippen LogP contribution is -2.15. The van der Waals surface area contributed by atoms with Gasteiger partial charge in [0.05, 0.1) is 16.2 Å². The Kier molecular flexibility index (Phi) is 2.87. The third-order valence-corrected chi connectivity index (χ3v) is 3.77. The standard InChI is InChI=1S/C14H10ClN3O2S/c15-8-5-10-13(16-7-8)18(14(21)17-10)9-1-2-11-12(6-9)20-4-3-19-11/h1-2,5-7H,3-4H2,(H,17,21). The van der Waals surface area contributed by atoms with Crippen molar-refractivity contribution in [2.24, 2.45) is 0 Å². The number of nitrogens with zero attached hydrogens (tertiary/aromatic N) is 2. The van der Waals surface area contributed by atoms with Gasteiger partial charge in [-0.15, -0.1) is 0 Å². The molecule has 1 aliphatic heterocycles. The molecule has 4 rings (SSSR count). The molecule has 3 aromatic rings. The summed E-state index contributed by atoms with van der Waals surface area (Å²) in [5.41, 5.74) is 2.38. The van der Waals surface area contributed by atoms with Crippen molar-refractivity contribution in [3.63, 3.8) is 0 Å². The quantitative estimate of drug-likeness (QED) is 0.697. The second-order valence-corrected chi connectivity index (χ2v) is 5.44. The van der Waals surface area contributed by atoms with Crippen LogP contribution in [0.25, 0.3) is 16.9 Å². The highest BCUT2D eigenvalue weighted by molar-refractivity contribution is 7.71. The summed E-state index contributed by atoms with van der Waals surface area (Å²) < 4.78 is 13.5. The van der Waals surface area contributed by atoms with Crippen LogP contribution < -0.4 is 9.47 Å². The molecule has 2 aromatic heterocycles. The molecule has 1 aromatic carbocycles. The first-order chi connectivity index (χ1) is 10.2. The number of aromatic nitrogens is 3. The van der Waals surface area contributed by atoms with Crippen molar-refractivity contribution in [1.29, 1.82) is 0 Å². The summed E-state index contributed by atoms with van der Waals surface area (Å²) in [6, 6.07) is 7.50. The second kappa shape index (κ2) is 4.75. The molecule has 0 saturated heterocycles. The van der Waals surface area contributed by atoms with Crippen LogP contribution in [-0.4, -0.2) is 27.7 Å². The number of nitrogens with one attached hydrogen (secondary N) is 1. The zero-order valence-corrected chi connectivity index (χ0v) is 12.4. The number of hydrogen-bond acceptors (Lipinski definition) is 4. The van der Waals surface area contributed by atoms with Gasteiger partial charge in [0, 0.05) is 12.3 Å². The molecule has 1 N–H and O–H groups in total. The van der Waals surface area contributed by atoms with Crippen LogP contribution in [0.5, 0.6) is 11.5 Å². The molecule has 1 aliphatic rings. The normalized spacial score (nSPS) is 13.6. The van der Waals surface area contributed by atoms with Gasteiger partial charge in [-0.05, 0) is 30.4 Å². The molecule has 21 heavy (non-hydrogen) atoms. The van der Waals surface area contributed by atoms with Crippen molar-refractivity contribution in [2.45, 2.75) is 0 Å². The average molecular weight is 320 g/mol. The molecule has 0 bridgehead atoms. The molecule has 5 nitrogen and oxygen atoms in total. The Balaban J connectivity index is 1.94. The molecule has 3 heterocycles. The van der Waals surface area contributed by atoms with Crippen LogP contribution in [0.2, 0.25) is 5.02 Å². The van der Waals surface area contributed by atoms with Crippen molar-refractivity contribution in [2.75, 3.05) is 13.2 Å². The van der Waals surface area contributed by atoms with Gasteiger partial charge in [-0.25, -0.2) is 4.98 Å². The molecular formula is C14H10ClN3O2S. The number of H-pyrrole nitrogens is 1. The molecule has 0 radical (unpaired) electrons. The van der Waals surface area contributed by atoms with E-state index in [1.807, 2.05) is 22.8 Å². The number of aromatic amines is 1. The van der Waals surface area contributed by atoms with E-state index in [1.165, 1.54) is 0 Å². The van der Waals surface area contributed by atoms with E-state index in [0.717, 1.165) is 22.6 Å². The highest BCUT2D eigenvalue weighted by atomic mass is 35.5. The summed E-state index contributed by atoms with van der Waals surface area (Å²) in [6.45, 7) is 1.11. The molecule has 0 atom stereocenters. The van der Waals surface area contributed by atoms with Crippen LogP contribution in [0, 0.1) is 4.77 Å². The largest absolute Gasteiger partial charge is 0.486 e. The van der Waals surface area contributed by atoms with E-state index in [-0.39, 0.29) is 0 Å². The molecule has 7 heteroatoms. The van der Waals surface area contributed by atoms with E-state index in [0.29, 0.717) is 28.8 Å². The Morgan fingerprint density at radius 2 is 2.00 bits per heavy atom. The Hall–Kier alpha value is -2.05. The smallest absolute Gasteiger partial charge is 0.184 e. The van der Waals surface area contributed by atoms with Gasteiger partial charge in [0.25, 0.3) is 0 Å². The highest BCUT2D eigenvalue weighted by Crippen LogP contribution is 2.33. The SMILES string of the molecule is S=c1[nH]c2cc(Cl)cnc2n1-c1ccc2c(c1)OCCO2. The zero-order valence-electron chi connectivity index (χ0n) is 10.8. The second-order valence-electron chi connectivity index (χ2n) is 4.62.